The molecule has 4 unspecified atom stereocenters. The van der Waals surface area contributed by atoms with Crippen LogP contribution < -0.4 is 0 Å². The van der Waals surface area contributed by atoms with Gasteiger partial charge in [-0.3, -0.25) is 0 Å². The van der Waals surface area contributed by atoms with Crippen molar-refractivity contribution in [3.05, 3.63) is 14.7 Å². The van der Waals surface area contributed by atoms with E-state index in [9.17, 15) is 19.8 Å². The summed E-state index contributed by atoms with van der Waals surface area (Å²) in [5.41, 5.74) is 0. The van der Waals surface area contributed by atoms with Gasteiger partial charge < -0.3 is 5.11 Å². The molecule has 7 heteroatoms. The first-order valence-electron chi connectivity index (χ1n) is 3.74. The lowest BCUT2D eigenvalue weighted by Gasteiger charge is -2.18. The van der Waals surface area contributed by atoms with Crippen molar-refractivity contribution in [3.63, 3.8) is 0 Å². The van der Waals surface area contributed by atoms with Crippen molar-refractivity contribution in [2.24, 2.45) is 15.5 Å². The molecule has 0 saturated carbocycles. The van der Waals surface area contributed by atoms with Crippen LogP contribution in [-0.2, 0) is 0 Å². The van der Waals surface area contributed by atoms with E-state index >= 15 is 0 Å². The molecule has 0 rings (SSSR count). The summed E-state index contributed by atoms with van der Waals surface area (Å²) in [6.07, 6.45) is -1.36. The maximum absolute atomic E-state index is 10.2. The van der Waals surface area contributed by atoms with Crippen molar-refractivity contribution in [2.75, 3.05) is 0 Å². The van der Waals surface area contributed by atoms with E-state index < -0.39 is 24.2 Å². The predicted molar refractivity (Wildman–Crippen MR) is 46.1 cm³/mol. The second-order valence-electron chi connectivity index (χ2n) is 2.78. The Hall–Kier alpha value is -1.24. The third-order valence-electron chi connectivity index (χ3n) is 1.79. The number of nitrogens with zero attached hydrogens (tertiary/aromatic N) is 3. The zero-order chi connectivity index (χ0) is 10.4. The molecule has 74 valence electrons. The molecule has 4 atom stereocenters. The zero-order valence-corrected chi connectivity index (χ0v) is 7.32. The number of nitroso groups, excluding NO2 is 3. The second-order valence-corrected chi connectivity index (χ2v) is 2.78. The lowest BCUT2D eigenvalue weighted by Crippen LogP contribution is -2.39. The van der Waals surface area contributed by atoms with Crippen LogP contribution in [0.5, 0.6) is 0 Å². The largest absolute Gasteiger partial charge is 0.388 e. The fourth-order valence-corrected chi connectivity index (χ4v) is 0.846. The molecule has 0 aliphatic rings. The van der Waals surface area contributed by atoms with Crippen LogP contribution in [0.4, 0.5) is 0 Å². The van der Waals surface area contributed by atoms with Gasteiger partial charge in [0.15, 0.2) is 0 Å². The van der Waals surface area contributed by atoms with Gasteiger partial charge in [-0.1, -0.05) is 15.5 Å². The second kappa shape index (κ2) is 5.41. The number of rotatable bonds is 6. The minimum Gasteiger partial charge on any atom is -0.388 e. The van der Waals surface area contributed by atoms with Crippen molar-refractivity contribution in [2.45, 2.75) is 38.1 Å². The van der Waals surface area contributed by atoms with Gasteiger partial charge in [0.25, 0.3) is 0 Å². The molecule has 0 fully saturated rings. The van der Waals surface area contributed by atoms with Crippen molar-refractivity contribution >= 4 is 0 Å². The maximum atomic E-state index is 10.2. The van der Waals surface area contributed by atoms with Crippen LogP contribution in [0.25, 0.3) is 0 Å². The Morgan fingerprint density at radius 2 is 1.38 bits per heavy atom. The smallest absolute Gasteiger partial charge is 0.145 e. The minimum atomic E-state index is -1.36. The van der Waals surface area contributed by atoms with Crippen LogP contribution in [0.1, 0.15) is 13.8 Å². The predicted octanol–water partition coefficient (Wildman–Crippen LogP) is 0.792. The van der Waals surface area contributed by atoms with Gasteiger partial charge in [0, 0.05) is 0 Å². The molecular formula is C6H11N3O4. The van der Waals surface area contributed by atoms with Crippen molar-refractivity contribution in [1.82, 2.24) is 0 Å². The average molecular weight is 189 g/mol. The van der Waals surface area contributed by atoms with Crippen LogP contribution in [0.3, 0.4) is 0 Å². The molecule has 0 aromatic heterocycles. The molecule has 0 saturated heterocycles. The average Bonchev–Trinajstić information content (AvgIpc) is 2.17. The Morgan fingerprint density at radius 1 is 0.923 bits per heavy atom. The minimum absolute atomic E-state index is 0.961. The molecule has 0 aliphatic carbocycles. The van der Waals surface area contributed by atoms with Gasteiger partial charge in [0.2, 0.25) is 0 Å². The van der Waals surface area contributed by atoms with Gasteiger partial charge in [-0.2, -0.15) is 14.7 Å². The van der Waals surface area contributed by atoms with Crippen molar-refractivity contribution in [3.8, 4) is 0 Å². The van der Waals surface area contributed by atoms with Gasteiger partial charge in [-0.25, -0.2) is 0 Å². The van der Waals surface area contributed by atoms with E-state index in [0.29, 0.717) is 0 Å². The highest BCUT2D eigenvalue weighted by atomic mass is 16.3. The topological polar surface area (TPSA) is 109 Å². The third kappa shape index (κ3) is 2.94. The summed E-state index contributed by atoms with van der Waals surface area (Å²) in [4.78, 5) is 30.3. The van der Waals surface area contributed by atoms with E-state index in [1.54, 1.807) is 0 Å². The summed E-state index contributed by atoms with van der Waals surface area (Å²) in [5.74, 6) is 0. The van der Waals surface area contributed by atoms with E-state index in [1.807, 2.05) is 0 Å². The van der Waals surface area contributed by atoms with Crippen LogP contribution in [0.15, 0.2) is 15.5 Å². The van der Waals surface area contributed by atoms with E-state index in [4.69, 9.17) is 0 Å². The van der Waals surface area contributed by atoms with E-state index in [2.05, 4.69) is 15.5 Å². The zero-order valence-electron chi connectivity index (χ0n) is 7.32. The lowest BCUT2D eigenvalue weighted by atomic mass is 10.0. The van der Waals surface area contributed by atoms with Crippen LogP contribution in [0.2, 0.25) is 0 Å². The first kappa shape index (κ1) is 11.8. The van der Waals surface area contributed by atoms with Crippen molar-refractivity contribution < 1.29 is 5.11 Å². The normalized spacial score (nSPS) is 19.6. The number of aliphatic hydroxyl groups excluding tert-OH is 1. The molecule has 0 aromatic rings. The first-order chi connectivity index (χ1) is 6.08. The quantitative estimate of drug-likeness (QED) is 0.623. The summed E-state index contributed by atoms with van der Waals surface area (Å²) < 4.78 is 0. The highest BCUT2D eigenvalue weighted by molar-refractivity contribution is 4.89. The van der Waals surface area contributed by atoms with Gasteiger partial charge in [0.05, 0.1) is 0 Å². The molecule has 0 spiro atoms. The van der Waals surface area contributed by atoms with Gasteiger partial charge in [0.1, 0.15) is 24.2 Å². The summed E-state index contributed by atoms with van der Waals surface area (Å²) >= 11 is 0. The summed E-state index contributed by atoms with van der Waals surface area (Å²) in [7, 11) is 0. The molecule has 7 nitrogen and oxygen atoms in total. The fourth-order valence-electron chi connectivity index (χ4n) is 0.846. The molecule has 13 heavy (non-hydrogen) atoms. The standard InChI is InChI=1S/C6H11N3O4/c1-3(7-11)5(9-13)6(10)4(2)8-12/h3-6,10H,1-2H3. The summed E-state index contributed by atoms with van der Waals surface area (Å²) in [6, 6.07) is -3.16. The summed E-state index contributed by atoms with van der Waals surface area (Å²) in [5, 5.41) is 16.9. The van der Waals surface area contributed by atoms with Crippen LogP contribution in [-0.4, -0.2) is 29.3 Å². The number of aliphatic hydroxyl groups is 1. The Labute approximate surface area is 74.4 Å². The third-order valence-corrected chi connectivity index (χ3v) is 1.79. The Morgan fingerprint density at radius 3 is 1.69 bits per heavy atom. The Kier molecular flexibility index (Phi) is 4.90. The van der Waals surface area contributed by atoms with E-state index in [-0.39, 0.29) is 0 Å². The van der Waals surface area contributed by atoms with Crippen LogP contribution in [0, 0.1) is 14.7 Å². The molecule has 0 bridgehead atoms. The number of hydrogen-bond acceptors (Lipinski definition) is 7. The molecule has 1 N–H and O–H groups in total. The van der Waals surface area contributed by atoms with Gasteiger partial charge in [-0.15, -0.1) is 0 Å². The van der Waals surface area contributed by atoms with Crippen LogP contribution >= 0.6 is 0 Å². The Bertz CT molecular complexity index is 198. The monoisotopic (exact) mass is 189 g/mol. The summed E-state index contributed by atoms with van der Waals surface area (Å²) in [6.45, 7) is 2.66. The molecule has 0 heterocycles. The molecule has 0 radical (unpaired) electrons. The highest BCUT2D eigenvalue weighted by Crippen LogP contribution is 2.12. The van der Waals surface area contributed by atoms with E-state index in [1.165, 1.54) is 13.8 Å². The molecule has 0 aliphatic heterocycles. The SMILES string of the molecule is CC(N=O)C(O)C(N=O)C(C)N=O. The molecular weight excluding hydrogens is 178 g/mol. The Balaban J connectivity index is 4.46. The van der Waals surface area contributed by atoms with Gasteiger partial charge >= 0.3 is 0 Å². The van der Waals surface area contributed by atoms with Gasteiger partial charge in [-0.05, 0) is 13.8 Å². The molecule has 0 amide bonds. The molecule has 0 aromatic carbocycles. The van der Waals surface area contributed by atoms with E-state index in [0.717, 1.165) is 0 Å². The number of hydrogen-bond donors (Lipinski definition) is 1. The fraction of sp³-hybridized carbons (Fsp3) is 1.00. The first-order valence-corrected chi connectivity index (χ1v) is 3.74. The highest BCUT2D eigenvalue weighted by Gasteiger charge is 2.32. The van der Waals surface area contributed by atoms with Crippen molar-refractivity contribution in [1.29, 1.82) is 0 Å². The lowest BCUT2D eigenvalue weighted by molar-refractivity contribution is 0.114. The maximum Gasteiger partial charge on any atom is 0.145 e.